The van der Waals surface area contributed by atoms with E-state index in [0.717, 1.165) is 55.0 Å². The molecule has 1 spiro atoms. The number of aromatic amines is 1. The summed E-state index contributed by atoms with van der Waals surface area (Å²) >= 11 is 0. The number of H-pyrrole nitrogens is 1. The number of piperidine rings is 1. The third kappa shape index (κ3) is 5.72. The first kappa shape index (κ1) is 28.6. The molecule has 0 bridgehead atoms. The molecule has 1 aliphatic carbocycles. The second-order valence-corrected chi connectivity index (χ2v) is 12.1. The second kappa shape index (κ2) is 12.0. The first-order chi connectivity index (χ1) is 20.3. The molecule has 3 aromatic rings. The minimum absolute atomic E-state index is 0.0110. The molecule has 3 heterocycles. The van der Waals surface area contributed by atoms with Crippen LogP contribution in [-0.2, 0) is 6.54 Å². The van der Waals surface area contributed by atoms with Gasteiger partial charge in [0.25, 0.3) is 0 Å². The molecule has 2 atom stereocenters. The van der Waals surface area contributed by atoms with Crippen molar-refractivity contribution < 1.29 is 13.6 Å². The Morgan fingerprint density at radius 2 is 1.76 bits per heavy atom. The molecule has 42 heavy (non-hydrogen) atoms. The highest BCUT2D eigenvalue weighted by molar-refractivity contribution is 5.75. The zero-order valence-electron chi connectivity index (χ0n) is 24.1. The van der Waals surface area contributed by atoms with E-state index >= 15 is 0 Å². The summed E-state index contributed by atoms with van der Waals surface area (Å²) in [6.45, 7) is 2.84. The van der Waals surface area contributed by atoms with E-state index in [1.807, 2.05) is 53.4 Å². The molecule has 1 aromatic heterocycles. The van der Waals surface area contributed by atoms with Crippen LogP contribution in [0.3, 0.4) is 0 Å². The number of pyridine rings is 1. The molecule has 6 rings (SSSR count). The number of rotatable bonds is 5. The number of nitrogens with zero attached hydrogens (tertiary/aromatic N) is 3. The maximum Gasteiger partial charge on any atom is 0.320 e. The van der Waals surface area contributed by atoms with Crippen molar-refractivity contribution in [2.45, 2.75) is 62.7 Å². The average molecular weight is 576 g/mol. The molecular weight excluding hydrogens is 536 g/mol. The van der Waals surface area contributed by atoms with E-state index in [1.54, 1.807) is 6.07 Å². The molecule has 2 aliphatic heterocycles. The lowest BCUT2D eigenvalue weighted by Gasteiger charge is -2.51. The number of carbonyl (C=O) groups is 1. The van der Waals surface area contributed by atoms with Gasteiger partial charge in [0.2, 0.25) is 0 Å². The van der Waals surface area contributed by atoms with Gasteiger partial charge < -0.3 is 20.1 Å². The third-order valence-corrected chi connectivity index (χ3v) is 9.57. The monoisotopic (exact) mass is 575 g/mol. The van der Waals surface area contributed by atoms with Crippen molar-refractivity contribution in [2.24, 2.45) is 0 Å². The number of hydrogen-bond acceptors (Lipinski definition) is 4. The zero-order valence-corrected chi connectivity index (χ0v) is 24.1. The van der Waals surface area contributed by atoms with Crippen LogP contribution in [0, 0.1) is 11.6 Å². The number of nitrogens with one attached hydrogen (secondary N) is 2. The molecule has 0 radical (unpaired) electrons. The third-order valence-electron chi connectivity index (χ3n) is 9.57. The Morgan fingerprint density at radius 3 is 2.45 bits per heavy atom. The molecule has 2 aromatic carbocycles. The normalized spacial score (nSPS) is 22.5. The number of benzene rings is 2. The van der Waals surface area contributed by atoms with Gasteiger partial charge in [0.15, 0.2) is 5.43 Å². The Hall–Kier alpha value is -3.56. The fourth-order valence-electron chi connectivity index (χ4n) is 7.27. The summed E-state index contributed by atoms with van der Waals surface area (Å²) in [5, 5.41) is 3.28. The van der Waals surface area contributed by atoms with Crippen LogP contribution in [0.1, 0.15) is 55.7 Å². The van der Waals surface area contributed by atoms with Crippen molar-refractivity contribution >= 4 is 6.03 Å². The topological polar surface area (TPSA) is 71.7 Å². The standard InChI is InChI=1S/C33H39F2N5O2/c1-36-28-9-12-40(30(18-28)24-15-26(34)17-27(35)16-24)32(42)38-13-14-39(33(22-38)10-5-6-11-33)21-25-20-37-29(19-31(25)41)23-7-3-2-4-8-23/h2-4,7-8,15-17,19-20,28,30,36H,5-6,9-14,18,21-22H2,1H3,(H,37,41)/t28-,30+/m1/s1. The van der Waals surface area contributed by atoms with Crippen LogP contribution >= 0.6 is 0 Å². The maximum atomic E-state index is 14.2. The van der Waals surface area contributed by atoms with Gasteiger partial charge in [-0.05, 0) is 56.0 Å². The first-order valence-electron chi connectivity index (χ1n) is 15.1. The van der Waals surface area contributed by atoms with Crippen LogP contribution in [0.5, 0.6) is 0 Å². The summed E-state index contributed by atoms with van der Waals surface area (Å²) in [5.74, 6) is -1.26. The molecule has 3 aliphatic rings. The van der Waals surface area contributed by atoms with E-state index in [4.69, 9.17) is 0 Å². The van der Waals surface area contributed by atoms with Crippen molar-refractivity contribution in [3.63, 3.8) is 0 Å². The number of halogens is 2. The quantitative estimate of drug-likeness (QED) is 0.434. The Bertz CT molecular complexity index is 1450. The van der Waals surface area contributed by atoms with Gasteiger partial charge in [-0.15, -0.1) is 0 Å². The van der Waals surface area contributed by atoms with Crippen LogP contribution in [0.4, 0.5) is 13.6 Å². The lowest BCUT2D eigenvalue weighted by Crippen LogP contribution is -2.64. The van der Waals surface area contributed by atoms with Crippen molar-refractivity contribution in [3.05, 3.63) is 93.8 Å². The van der Waals surface area contributed by atoms with Crippen LogP contribution in [-0.4, -0.2) is 70.5 Å². The van der Waals surface area contributed by atoms with Gasteiger partial charge >= 0.3 is 6.03 Å². The van der Waals surface area contributed by atoms with Crippen LogP contribution in [0.2, 0.25) is 0 Å². The summed E-state index contributed by atoms with van der Waals surface area (Å²) in [6, 6.07) is 14.7. The lowest BCUT2D eigenvalue weighted by atomic mass is 9.90. The molecule has 0 unspecified atom stereocenters. The summed E-state index contributed by atoms with van der Waals surface area (Å²) in [4.78, 5) is 36.7. The molecule has 1 saturated carbocycles. The van der Waals surface area contributed by atoms with Crippen molar-refractivity contribution in [1.29, 1.82) is 0 Å². The fourth-order valence-corrected chi connectivity index (χ4v) is 7.27. The van der Waals surface area contributed by atoms with Gasteiger partial charge in [-0.2, -0.15) is 0 Å². The van der Waals surface area contributed by atoms with Gasteiger partial charge in [-0.1, -0.05) is 43.2 Å². The molecule has 2 amide bonds. The summed E-state index contributed by atoms with van der Waals surface area (Å²) in [5.41, 5.74) is 2.80. The molecule has 3 fully saturated rings. The number of piperazine rings is 1. The molecule has 2 saturated heterocycles. The molecule has 222 valence electrons. The largest absolute Gasteiger partial charge is 0.361 e. The average Bonchev–Trinajstić information content (AvgIpc) is 3.47. The Kier molecular flexibility index (Phi) is 8.14. The van der Waals surface area contributed by atoms with Gasteiger partial charge in [-0.3, -0.25) is 9.69 Å². The highest BCUT2D eigenvalue weighted by atomic mass is 19.1. The van der Waals surface area contributed by atoms with Gasteiger partial charge in [0.1, 0.15) is 11.6 Å². The van der Waals surface area contributed by atoms with Crippen LogP contribution in [0.15, 0.2) is 65.6 Å². The van der Waals surface area contributed by atoms with E-state index in [2.05, 4.69) is 15.2 Å². The van der Waals surface area contributed by atoms with E-state index in [1.165, 1.54) is 12.1 Å². The molecule has 2 N–H and O–H groups in total. The number of amides is 2. The number of urea groups is 1. The van der Waals surface area contributed by atoms with E-state index < -0.39 is 17.7 Å². The smallest absolute Gasteiger partial charge is 0.320 e. The summed E-state index contributed by atoms with van der Waals surface area (Å²) in [7, 11) is 1.88. The Labute approximate surface area is 245 Å². The predicted octanol–water partition coefficient (Wildman–Crippen LogP) is 5.30. The van der Waals surface area contributed by atoms with Crippen molar-refractivity contribution in [1.82, 2.24) is 25.0 Å². The molecular formula is C33H39F2N5O2. The highest BCUT2D eigenvalue weighted by Crippen LogP contribution is 2.40. The minimum Gasteiger partial charge on any atom is -0.361 e. The predicted molar refractivity (Wildman–Crippen MR) is 159 cm³/mol. The minimum atomic E-state index is -0.630. The maximum absolute atomic E-state index is 14.2. The Morgan fingerprint density at radius 1 is 1.02 bits per heavy atom. The van der Waals surface area contributed by atoms with Gasteiger partial charge in [-0.25, -0.2) is 13.6 Å². The second-order valence-electron chi connectivity index (χ2n) is 12.1. The van der Waals surface area contributed by atoms with Crippen molar-refractivity contribution in [3.8, 4) is 11.3 Å². The highest BCUT2D eigenvalue weighted by Gasteiger charge is 2.46. The number of aromatic nitrogens is 1. The molecule has 7 nitrogen and oxygen atoms in total. The lowest BCUT2D eigenvalue weighted by molar-refractivity contribution is -0.00225. The van der Waals surface area contributed by atoms with E-state index in [-0.39, 0.29) is 23.0 Å². The molecule has 9 heteroatoms. The Balaban J connectivity index is 1.21. The van der Waals surface area contributed by atoms with Crippen LogP contribution in [0.25, 0.3) is 11.3 Å². The summed E-state index contributed by atoms with van der Waals surface area (Å²) in [6.07, 6.45) is 7.32. The first-order valence-corrected chi connectivity index (χ1v) is 15.1. The number of hydrogen-bond donors (Lipinski definition) is 2. The number of carbonyl (C=O) groups excluding carboxylic acids is 1. The van der Waals surface area contributed by atoms with Gasteiger partial charge in [0, 0.05) is 73.9 Å². The zero-order chi connectivity index (χ0) is 29.3. The number of likely N-dealkylation sites (tertiary alicyclic amines) is 1. The van der Waals surface area contributed by atoms with E-state index in [0.29, 0.717) is 44.7 Å². The summed E-state index contributed by atoms with van der Waals surface area (Å²) < 4.78 is 28.4. The van der Waals surface area contributed by atoms with Gasteiger partial charge in [0.05, 0.1) is 6.04 Å². The van der Waals surface area contributed by atoms with Crippen molar-refractivity contribution in [2.75, 3.05) is 33.2 Å². The fraction of sp³-hybridized carbons (Fsp3) is 0.455. The van der Waals surface area contributed by atoms with Crippen LogP contribution < -0.4 is 10.7 Å². The van der Waals surface area contributed by atoms with E-state index in [9.17, 15) is 18.4 Å². The SMILES string of the molecule is CN[C@@H]1CCN(C(=O)N2CCN(Cc3c[nH]c(-c4ccccc4)cc3=O)C3(CCCC3)C2)[C@H](c2cc(F)cc(F)c2)C1.